The number of aromatic nitrogens is 1. The Labute approximate surface area is 156 Å². The summed E-state index contributed by atoms with van der Waals surface area (Å²) in [6.45, 7) is 1.78. The summed E-state index contributed by atoms with van der Waals surface area (Å²) in [6, 6.07) is 9.66. The van der Waals surface area contributed by atoms with Crippen LogP contribution < -0.4 is 5.56 Å². The van der Waals surface area contributed by atoms with Crippen LogP contribution in [0.3, 0.4) is 0 Å². The maximum absolute atomic E-state index is 12.1. The molecule has 1 N–H and O–H groups in total. The summed E-state index contributed by atoms with van der Waals surface area (Å²) in [5.74, 6) is 0.500. The minimum Gasteiger partial charge on any atom is -0.322 e. The molecule has 2 aromatic rings. The van der Waals surface area contributed by atoms with E-state index in [9.17, 15) is 9.59 Å². The molecule has 1 aliphatic carbocycles. The quantitative estimate of drug-likeness (QED) is 0.778. The minimum absolute atomic E-state index is 0.0993. The lowest BCUT2D eigenvalue weighted by atomic mass is 9.96. The zero-order valence-corrected chi connectivity index (χ0v) is 15.8. The molecule has 0 bridgehead atoms. The van der Waals surface area contributed by atoms with E-state index in [1.54, 1.807) is 18.7 Å². The lowest BCUT2D eigenvalue weighted by Crippen LogP contribution is -2.11. The van der Waals surface area contributed by atoms with Gasteiger partial charge in [-0.2, -0.15) is 0 Å². The second kappa shape index (κ2) is 7.63. The van der Waals surface area contributed by atoms with Crippen LogP contribution in [0, 0.1) is 12.8 Å². The van der Waals surface area contributed by atoms with Gasteiger partial charge in [0.1, 0.15) is 5.78 Å². The lowest BCUT2D eigenvalue weighted by Gasteiger charge is -2.13. The first-order valence-corrected chi connectivity index (χ1v) is 9.86. The summed E-state index contributed by atoms with van der Waals surface area (Å²) in [5.41, 5.74) is 3.20. The molecule has 1 aliphatic rings. The second-order valence-electron chi connectivity index (χ2n) is 6.36. The van der Waals surface area contributed by atoms with Crippen molar-refractivity contribution < 1.29 is 4.79 Å². The van der Waals surface area contributed by atoms with E-state index in [0.717, 1.165) is 28.1 Å². The summed E-state index contributed by atoms with van der Waals surface area (Å²) in [6.07, 6.45) is 6.14. The van der Waals surface area contributed by atoms with Gasteiger partial charge in [-0.3, -0.25) is 9.59 Å². The van der Waals surface area contributed by atoms with Gasteiger partial charge in [0.2, 0.25) is 0 Å². The average molecular weight is 374 g/mol. The molecule has 1 aromatic carbocycles. The molecule has 0 saturated heterocycles. The number of H-pyrrole nitrogens is 1. The van der Waals surface area contributed by atoms with Crippen molar-refractivity contribution in [2.75, 3.05) is 6.26 Å². The molecule has 1 fully saturated rings. The van der Waals surface area contributed by atoms with Crippen molar-refractivity contribution >= 4 is 34.7 Å². The maximum atomic E-state index is 12.1. The lowest BCUT2D eigenvalue weighted by molar-refractivity contribution is -0.117. The Morgan fingerprint density at radius 1 is 1.28 bits per heavy atom. The van der Waals surface area contributed by atoms with Gasteiger partial charge >= 0.3 is 0 Å². The van der Waals surface area contributed by atoms with Gasteiger partial charge in [0.05, 0.1) is 5.02 Å². The molecule has 130 valence electrons. The highest BCUT2D eigenvalue weighted by atomic mass is 35.5. The second-order valence-corrected chi connectivity index (χ2v) is 7.61. The Hall–Kier alpha value is -1.78. The van der Waals surface area contributed by atoms with Gasteiger partial charge in [0.15, 0.2) is 0 Å². The highest BCUT2D eigenvalue weighted by Gasteiger charge is 2.22. The van der Waals surface area contributed by atoms with E-state index >= 15 is 0 Å². The number of aromatic amines is 1. The number of Topliss-reactive ketones (excluding diaryl/α,β-unsaturated/α-hetero) is 1. The topological polar surface area (TPSA) is 49.9 Å². The van der Waals surface area contributed by atoms with E-state index in [1.165, 1.54) is 0 Å². The Morgan fingerprint density at radius 2 is 2.08 bits per heavy atom. The SMILES string of the molecule is CSc1ccc(C(=C[C@H]2CCC(=O)C2)c2ccc(C)c(=O)[nH]2)cc1Cl. The molecule has 5 heteroatoms. The molecule has 0 unspecified atom stereocenters. The molecule has 3 rings (SSSR count). The summed E-state index contributed by atoms with van der Waals surface area (Å²) in [5, 5.41) is 0.688. The van der Waals surface area contributed by atoms with Crippen LogP contribution in [0.5, 0.6) is 0 Å². The molecule has 0 aliphatic heterocycles. The first-order valence-electron chi connectivity index (χ1n) is 8.25. The summed E-state index contributed by atoms with van der Waals surface area (Å²) >= 11 is 7.98. The molecule has 25 heavy (non-hydrogen) atoms. The fourth-order valence-electron chi connectivity index (χ4n) is 3.10. The fraction of sp³-hybridized carbons (Fsp3) is 0.300. The third kappa shape index (κ3) is 4.07. The molecule has 1 aromatic heterocycles. The van der Waals surface area contributed by atoms with Crippen molar-refractivity contribution in [2.24, 2.45) is 5.92 Å². The molecule has 0 spiro atoms. The average Bonchev–Trinajstić information content (AvgIpc) is 3.00. The number of ketones is 1. The van der Waals surface area contributed by atoms with Gasteiger partial charge in [-0.25, -0.2) is 0 Å². The number of nitrogens with one attached hydrogen (secondary N) is 1. The van der Waals surface area contributed by atoms with Crippen molar-refractivity contribution in [3.63, 3.8) is 0 Å². The van der Waals surface area contributed by atoms with Crippen LogP contribution in [0.4, 0.5) is 0 Å². The number of hydrogen-bond acceptors (Lipinski definition) is 3. The number of hydrogen-bond donors (Lipinski definition) is 1. The van der Waals surface area contributed by atoms with E-state index in [4.69, 9.17) is 11.6 Å². The van der Waals surface area contributed by atoms with Crippen LogP contribution in [-0.4, -0.2) is 17.0 Å². The van der Waals surface area contributed by atoms with Crippen molar-refractivity contribution in [3.05, 3.63) is 68.6 Å². The fourth-order valence-corrected chi connectivity index (χ4v) is 3.97. The van der Waals surface area contributed by atoms with E-state index in [0.29, 0.717) is 29.2 Å². The highest BCUT2D eigenvalue weighted by molar-refractivity contribution is 7.98. The first-order chi connectivity index (χ1) is 12.0. The molecule has 3 nitrogen and oxygen atoms in total. The van der Waals surface area contributed by atoms with Gasteiger partial charge in [-0.1, -0.05) is 29.8 Å². The normalized spacial score (nSPS) is 18.0. The van der Waals surface area contributed by atoms with Crippen molar-refractivity contribution in [3.8, 4) is 0 Å². The van der Waals surface area contributed by atoms with Crippen molar-refractivity contribution in [1.82, 2.24) is 4.98 Å². The number of halogens is 1. The molecule has 0 radical (unpaired) electrons. The Balaban J connectivity index is 2.09. The summed E-state index contributed by atoms with van der Waals surface area (Å²) in [4.78, 5) is 27.7. The molecule has 0 amide bonds. The maximum Gasteiger partial charge on any atom is 0.251 e. The number of carbonyl (C=O) groups is 1. The third-order valence-corrected chi connectivity index (χ3v) is 5.77. The number of pyridine rings is 1. The molecule has 1 saturated carbocycles. The van der Waals surface area contributed by atoms with Crippen molar-refractivity contribution in [1.29, 1.82) is 0 Å². The smallest absolute Gasteiger partial charge is 0.251 e. The standard InChI is InChI=1S/C20H20ClNO2S/c1-12-3-7-18(22-20(12)24)16(10-13-4-6-15(23)9-13)14-5-8-19(25-2)17(21)11-14/h3,5,7-8,10-11,13H,4,6,9H2,1-2H3,(H,22,24)/t13-/m0/s1. The van der Waals surface area contributed by atoms with Crippen LogP contribution in [0.2, 0.25) is 5.02 Å². The zero-order chi connectivity index (χ0) is 18.0. The van der Waals surface area contributed by atoms with Crippen LogP contribution in [0.1, 0.15) is 36.1 Å². The monoisotopic (exact) mass is 373 g/mol. The van der Waals surface area contributed by atoms with Crippen LogP contribution >= 0.6 is 23.4 Å². The van der Waals surface area contributed by atoms with Gasteiger partial charge < -0.3 is 4.98 Å². The van der Waals surface area contributed by atoms with Crippen LogP contribution in [0.25, 0.3) is 5.57 Å². The predicted octanol–water partition coefficient (Wildman–Crippen LogP) is 4.86. The van der Waals surface area contributed by atoms with Crippen molar-refractivity contribution in [2.45, 2.75) is 31.1 Å². The van der Waals surface area contributed by atoms with Gasteiger partial charge in [-0.15, -0.1) is 11.8 Å². The number of benzene rings is 1. The zero-order valence-electron chi connectivity index (χ0n) is 14.3. The number of rotatable bonds is 4. The Morgan fingerprint density at radius 3 is 2.68 bits per heavy atom. The predicted molar refractivity (Wildman–Crippen MR) is 104 cm³/mol. The number of carbonyl (C=O) groups excluding carboxylic acids is 1. The summed E-state index contributed by atoms with van der Waals surface area (Å²) in [7, 11) is 0. The van der Waals surface area contributed by atoms with Gasteiger partial charge in [0, 0.05) is 34.6 Å². The minimum atomic E-state index is -0.0993. The highest BCUT2D eigenvalue weighted by Crippen LogP contribution is 2.33. The Bertz CT molecular complexity index is 901. The van der Waals surface area contributed by atoms with E-state index in [2.05, 4.69) is 11.1 Å². The molecule has 1 heterocycles. The van der Waals surface area contributed by atoms with Gasteiger partial charge in [-0.05, 0) is 49.3 Å². The Kier molecular flexibility index (Phi) is 5.50. The van der Waals surface area contributed by atoms with E-state index in [-0.39, 0.29) is 11.5 Å². The third-order valence-electron chi connectivity index (χ3n) is 4.55. The van der Waals surface area contributed by atoms with E-state index in [1.807, 2.05) is 36.6 Å². The first kappa shape index (κ1) is 18.0. The van der Waals surface area contributed by atoms with Gasteiger partial charge in [0.25, 0.3) is 5.56 Å². The number of thioether (sulfide) groups is 1. The van der Waals surface area contributed by atoms with Crippen LogP contribution in [-0.2, 0) is 4.79 Å². The summed E-state index contributed by atoms with van der Waals surface area (Å²) < 4.78 is 0. The number of aryl methyl sites for hydroxylation is 1. The molecular weight excluding hydrogens is 354 g/mol. The number of allylic oxidation sites excluding steroid dienone is 1. The molecule has 1 atom stereocenters. The van der Waals surface area contributed by atoms with E-state index < -0.39 is 0 Å². The largest absolute Gasteiger partial charge is 0.322 e. The molecular formula is C20H20ClNO2S. The van der Waals surface area contributed by atoms with Crippen LogP contribution in [0.15, 0.2) is 46.1 Å².